The van der Waals surface area contributed by atoms with Crippen LogP contribution in [0.5, 0.6) is 5.75 Å². The first-order valence-corrected chi connectivity index (χ1v) is 7.14. The minimum absolute atomic E-state index is 0.142. The number of carbonyl (C=O) groups excluding carboxylic acids is 1. The van der Waals surface area contributed by atoms with Crippen LogP contribution >= 0.6 is 0 Å². The van der Waals surface area contributed by atoms with E-state index in [-0.39, 0.29) is 12.1 Å². The Morgan fingerprint density at radius 2 is 2.35 bits per heavy atom. The lowest BCUT2D eigenvalue weighted by Gasteiger charge is -2.43. The fourth-order valence-corrected chi connectivity index (χ4v) is 3.30. The van der Waals surface area contributed by atoms with E-state index >= 15 is 0 Å². The van der Waals surface area contributed by atoms with Gasteiger partial charge in [-0.1, -0.05) is 13.8 Å². The quantitative estimate of drug-likeness (QED) is 0.856. The Hall–Kier alpha value is -1.53. The summed E-state index contributed by atoms with van der Waals surface area (Å²) in [5.41, 5.74) is 0. The highest BCUT2D eigenvalue weighted by Crippen LogP contribution is 2.27. The third-order valence-corrected chi connectivity index (χ3v) is 4.16. The first-order chi connectivity index (χ1) is 9.66. The van der Waals surface area contributed by atoms with Crippen molar-refractivity contribution in [2.45, 2.75) is 38.4 Å². The van der Waals surface area contributed by atoms with E-state index in [0.717, 1.165) is 19.6 Å². The molecule has 2 N–H and O–H groups in total. The molecule has 3 heterocycles. The first kappa shape index (κ1) is 13.5. The zero-order valence-corrected chi connectivity index (χ0v) is 11.8. The molecule has 3 atom stereocenters. The predicted octanol–water partition coefficient (Wildman–Crippen LogP) is 1.40. The average Bonchev–Trinajstić information content (AvgIpc) is 3.06. The molecule has 2 fully saturated rings. The third-order valence-electron chi connectivity index (χ3n) is 4.16. The Labute approximate surface area is 118 Å². The maximum absolute atomic E-state index is 12.4. The van der Waals surface area contributed by atoms with Crippen LogP contribution in [0.25, 0.3) is 0 Å². The van der Waals surface area contributed by atoms with Crippen LogP contribution in [0.2, 0.25) is 0 Å². The average molecular weight is 279 g/mol. The number of hydrogen-bond acceptors (Lipinski definition) is 5. The molecule has 2 aliphatic heterocycles. The molecule has 1 aromatic rings. The van der Waals surface area contributed by atoms with E-state index in [0.29, 0.717) is 23.8 Å². The van der Waals surface area contributed by atoms with Gasteiger partial charge in [-0.2, -0.15) is 0 Å². The molecule has 2 aliphatic rings. The van der Waals surface area contributed by atoms with Crippen LogP contribution in [0.15, 0.2) is 23.0 Å². The molecule has 0 aliphatic carbocycles. The molecule has 3 unspecified atom stereocenters. The molecule has 3 rings (SSSR count). The highest BCUT2D eigenvalue weighted by Gasteiger charge is 2.44. The van der Waals surface area contributed by atoms with Crippen molar-refractivity contribution >= 4 is 6.09 Å². The van der Waals surface area contributed by atoms with E-state index in [9.17, 15) is 4.79 Å². The van der Waals surface area contributed by atoms with Crippen LogP contribution in [0.3, 0.4) is 0 Å². The lowest BCUT2D eigenvalue weighted by atomic mass is 9.86. The number of likely N-dealkylation sites (tertiary alicyclic amines) is 1. The number of hydrogen-bond donors (Lipinski definition) is 2. The lowest BCUT2D eigenvalue weighted by molar-refractivity contribution is 0.0738. The summed E-state index contributed by atoms with van der Waals surface area (Å²) >= 11 is 0. The SMILES string of the molecule is CC(C)C1C2NCNC2CCN1C(=O)Oc1ccoc1. The molecule has 1 aromatic heterocycles. The van der Waals surface area contributed by atoms with Gasteiger partial charge in [0.25, 0.3) is 0 Å². The molecular formula is C14H21N3O3. The Kier molecular flexibility index (Phi) is 3.67. The summed E-state index contributed by atoms with van der Waals surface area (Å²) in [6, 6.07) is 2.52. The second-order valence-electron chi connectivity index (χ2n) is 5.76. The van der Waals surface area contributed by atoms with E-state index < -0.39 is 0 Å². The van der Waals surface area contributed by atoms with Crippen molar-refractivity contribution in [1.29, 1.82) is 0 Å². The van der Waals surface area contributed by atoms with Gasteiger partial charge in [0.2, 0.25) is 0 Å². The van der Waals surface area contributed by atoms with Crippen LogP contribution < -0.4 is 15.4 Å². The zero-order chi connectivity index (χ0) is 14.1. The van der Waals surface area contributed by atoms with E-state index in [1.165, 1.54) is 12.5 Å². The van der Waals surface area contributed by atoms with Crippen molar-refractivity contribution in [3.63, 3.8) is 0 Å². The van der Waals surface area contributed by atoms with E-state index in [1.54, 1.807) is 6.07 Å². The van der Waals surface area contributed by atoms with E-state index in [2.05, 4.69) is 24.5 Å². The van der Waals surface area contributed by atoms with Gasteiger partial charge in [0.15, 0.2) is 5.75 Å². The molecule has 0 radical (unpaired) electrons. The fourth-order valence-electron chi connectivity index (χ4n) is 3.30. The Morgan fingerprint density at radius 1 is 1.50 bits per heavy atom. The van der Waals surface area contributed by atoms with Crippen molar-refractivity contribution in [3.8, 4) is 5.75 Å². The lowest BCUT2D eigenvalue weighted by Crippen LogP contribution is -2.61. The number of ether oxygens (including phenoxy) is 1. The van der Waals surface area contributed by atoms with E-state index in [1.807, 2.05) is 4.90 Å². The van der Waals surface area contributed by atoms with Gasteiger partial charge in [0.05, 0.1) is 12.3 Å². The van der Waals surface area contributed by atoms with Gasteiger partial charge in [-0.15, -0.1) is 0 Å². The summed E-state index contributed by atoms with van der Waals surface area (Å²) in [4.78, 5) is 14.2. The zero-order valence-electron chi connectivity index (χ0n) is 11.8. The summed E-state index contributed by atoms with van der Waals surface area (Å²) in [6.45, 7) is 5.81. The smallest absolute Gasteiger partial charge is 0.415 e. The molecule has 0 spiro atoms. The van der Waals surface area contributed by atoms with Crippen molar-refractivity contribution in [3.05, 3.63) is 18.6 Å². The molecule has 20 heavy (non-hydrogen) atoms. The Morgan fingerprint density at radius 3 is 3.05 bits per heavy atom. The molecular weight excluding hydrogens is 258 g/mol. The summed E-state index contributed by atoms with van der Waals surface area (Å²) in [6.07, 6.45) is 3.58. The molecule has 0 aromatic carbocycles. The highest BCUT2D eigenvalue weighted by molar-refractivity contribution is 5.71. The third kappa shape index (κ3) is 2.41. The number of furan rings is 1. The molecule has 0 bridgehead atoms. The second kappa shape index (κ2) is 5.46. The van der Waals surface area contributed by atoms with Crippen LogP contribution in [0.4, 0.5) is 4.79 Å². The maximum Gasteiger partial charge on any atom is 0.415 e. The molecule has 2 saturated heterocycles. The molecule has 0 saturated carbocycles. The molecule has 6 nitrogen and oxygen atoms in total. The minimum Gasteiger partial charge on any atom is -0.469 e. The summed E-state index contributed by atoms with van der Waals surface area (Å²) in [7, 11) is 0. The number of carbonyl (C=O) groups is 1. The molecule has 6 heteroatoms. The number of amides is 1. The van der Waals surface area contributed by atoms with Gasteiger partial charge < -0.3 is 14.1 Å². The van der Waals surface area contributed by atoms with Crippen LogP contribution in [0.1, 0.15) is 20.3 Å². The normalized spacial score (nSPS) is 29.6. The van der Waals surface area contributed by atoms with Gasteiger partial charge in [0.1, 0.15) is 6.26 Å². The molecule has 1 amide bonds. The molecule has 110 valence electrons. The van der Waals surface area contributed by atoms with E-state index in [4.69, 9.17) is 9.15 Å². The maximum atomic E-state index is 12.4. The van der Waals surface area contributed by atoms with Crippen LogP contribution in [-0.4, -0.2) is 42.3 Å². The number of fused-ring (bicyclic) bond motifs is 1. The number of nitrogens with one attached hydrogen (secondary N) is 2. The van der Waals surface area contributed by atoms with Crippen LogP contribution in [0, 0.1) is 5.92 Å². The largest absolute Gasteiger partial charge is 0.469 e. The number of rotatable bonds is 2. The van der Waals surface area contributed by atoms with Crippen molar-refractivity contribution in [1.82, 2.24) is 15.5 Å². The van der Waals surface area contributed by atoms with Gasteiger partial charge in [-0.25, -0.2) is 4.79 Å². The topological polar surface area (TPSA) is 66.7 Å². The van der Waals surface area contributed by atoms with Crippen molar-refractivity contribution in [2.75, 3.05) is 13.2 Å². The first-order valence-electron chi connectivity index (χ1n) is 7.14. The number of nitrogens with zero attached hydrogens (tertiary/aromatic N) is 1. The summed E-state index contributed by atoms with van der Waals surface area (Å²) in [5, 5.41) is 6.90. The Bertz CT molecular complexity index is 460. The summed E-state index contributed by atoms with van der Waals surface area (Å²) in [5.74, 6) is 0.823. The van der Waals surface area contributed by atoms with Gasteiger partial charge in [-0.3, -0.25) is 10.6 Å². The Balaban J connectivity index is 1.75. The van der Waals surface area contributed by atoms with Gasteiger partial charge >= 0.3 is 6.09 Å². The van der Waals surface area contributed by atoms with Crippen molar-refractivity contribution in [2.24, 2.45) is 5.92 Å². The fraction of sp³-hybridized carbons (Fsp3) is 0.643. The predicted molar refractivity (Wildman–Crippen MR) is 73.4 cm³/mol. The minimum atomic E-state index is -0.294. The standard InChI is InChI=1S/C14H21N3O3/c1-9(2)13-12-11(15-8-16-12)3-5-17(13)14(18)20-10-4-6-19-7-10/h4,6-7,9,11-13,15-16H,3,5,8H2,1-2H3. The van der Waals surface area contributed by atoms with Gasteiger partial charge in [0, 0.05) is 31.4 Å². The number of piperidine rings is 1. The van der Waals surface area contributed by atoms with Gasteiger partial charge in [-0.05, 0) is 12.3 Å². The van der Waals surface area contributed by atoms with Crippen molar-refractivity contribution < 1.29 is 13.9 Å². The summed E-state index contributed by atoms with van der Waals surface area (Å²) < 4.78 is 10.3. The monoisotopic (exact) mass is 279 g/mol. The van der Waals surface area contributed by atoms with Crippen LogP contribution in [-0.2, 0) is 0 Å². The highest BCUT2D eigenvalue weighted by atomic mass is 16.6. The second-order valence-corrected chi connectivity index (χ2v) is 5.76.